The third-order valence-corrected chi connectivity index (χ3v) is 6.71. The third kappa shape index (κ3) is 7.06. The van der Waals surface area contributed by atoms with E-state index in [-0.39, 0.29) is 17.0 Å². The number of aromatic nitrogens is 2. The Morgan fingerprint density at radius 2 is 1.58 bits per heavy atom. The number of alkyl halides is 3. The minimum absolute atomic E-state index is 0.221. The van der Waals surface area contributed by atoms with Crippen LogP contribution in [0.25, 0.3) is 0 Å². The molecule has 3 aromatic rings. The summed E-state index contributed by atoms with van der Waals surface area (Å²) in [5.74, 6) is 0.221. The highest BCUT2D eigenvalue weighted by molar-refractivity contribution is 5.58. The van der Waals surface area contributed by atoms with Crippen molar-refractivity contribution in [2.75, 3.05) is 44.2 Å². The lowest BCUT2D eigenvalue weighted by atomic mass is 10.1. The van der Waals surface area contributed by atoms with Gasteiger partial charge in [-0.25, -0.2) is 4.79 Å². The number of ether oxygens (including phenoxy) is 1. The van der Waals surface area contributed by atoms with Gasteiger partial charge >= 0.3 is 11.9 Å². The van der Waals surface area contributed by atoms with Gasteiger partial charge in [0.25, 0.3) is 5.56 Å². The molecule has 0 atom stereocenters. The summed E-state index contributed by atoms with van der Waals surface area (Å²) >= 11 is 0. The monoisotopic (exact) mass is 530 g/mol. The molecule has 0 unspecified atom stereocenters. The first-order valence-electron chi connectivity index (χ1n) is 12.7. The summed E-state index contributed by atoms with van der Waals surface area (Å²) in [6.07, 6.45) is -2.14. The Labute approximate surface area is 219 Å². The van der Waals surface area contributed by atoms with E-state index < -0.39 is 12.8 Å². The van der Waals surface area contributed by atoms with Crippen LogP contribution in [0, 0.1) is 13.8 Å². The molecule has 38 heavy (non-hydrogen) atoms. The van der Waals surface area contributed by atoms with Gasteiger partial charge in [-0.3, -0.25) is 18.8 Å². The molecule has 0 amide bonds. The number of hydrogen-bond acceptors (Lipinski definition) is 5. The second-order valence-electron chi connectivity index (χ2n) is 9.72. The minimum Gasteiger partial charge on any atom is -0.482 e. The van der Waals surface area contributed by atoms with Crippen molar-refractivity contribution in [2.24, 2.45) is 0 Å². The summed E-state index contributed by atoms with van der Waals surface area (Å²) in [5, 5.41) is 0. The molecule has 0 aliphatic carbocycles. The van der Waals surface area contributed by atoms with Crippen LogP contribution >= 0.6 is 0 Å². The van der Waals surface area contributed by atoms with E-state index in [1.807, 2.05) is 36.1 Å². The minimum atomic E-state index is -4.39. The number of aryl methyl sites for hydroxylation is 2. The van der Waals surface area contributed by atoms with Gasteiger partial charge in [0.05, 0.1) is 12.2 Å². The molecule has 1 fully saturated rings. The van der Waals surface area contributed by atoms with Gasteiger partial charge < -0.3 is 9.64 Å². The van der Waals surface area contributed by atoms with E-state index in [1.54, 1.807) is 42.0 Å². The average molecular weight is 531 g/mol. The fourth-order valence-electron chi connectivity index (χ4n) is 4.66. The zero-order valence-electron chi connectivity index (χ0n) is 21.7. The highest BCUT2D eigenvalue weighted by Crippen LogP contribution is 2.30. The molecular formula is C28H33F3N4O3. The molecular weight excluding hydrogens is 497 g/mol. The molecule has 0 saturated carbocycles. The standard InChI is InChI=1S/C28H33F3N4O3/c1-21-8-10-23(11-9-21)19-34-18-22(2)26(36)35(27(34)37)13-5-12-32-14-16-33(17-15-32)24-6-3-4-7-25(24)38-20-28(29,30)31/h3-4,6-11,18H,5,12-17,19-20H2,1-2H3. The first-order chi connectivity index (χ1) is 18.1. The van der Waals surface area contributed by atoms with E-state index in [1.165, 1.54) is 4.57 Å². The van der Waals surface area contributed by atoms with E-state index >= 15 is 0 Å². The van der Waals surface area contributed by atoms with E-state index in [9.17, 15) is 22.8 Å². The Kier molecular flexibility index (Phi) is 8.61. The SMILES string of the molecule is Cc1ccc(Cn2cc(C)c(=O)n(CCCN3CCN(c4ccccc4OCC(F)(F)F)CC3)c2=O)cc1. The molecule has 2 heterocycles. The number of anilines is 1. The molecule has 1 saturated heterocycles. The van der Waals surface area contributed by atoms with Crippen LogP contribution in [0.1, 0.15) is 23.1 Å². The molecule has 1 aliphatic heterocycles. The lowest BCUT2D eigenvalue weighted by Crippen LogP contribution is -2.47. The van der Waals surface area contributed by atoms with Crippen molar-refractivity contribution in [3.8, 4) is 5.75 Å². The van der Waals surface area contributed by atoms with E-state index in [2.05, 4.69) is 4.90 Å². The Bertz CT molecular complexity index is 1340. The first-order valence-corrected chi connectivity index (χ1v) is 12.7. The summed E-state index contributed by atoms with van der Waals surface area (Å²) in [7, 11) is 0. The van der Waals surface area contributed by atoms with Crippen molar-refractivity contribution in [3.63, 3.8) is 0 Å². The largest absolute Gasteiger partial charge is 0.482 e. The molecule has 1 aromatic heterocycles. The summed E-state index contributed by atoms with van der Waals surface area (Å²) in [6.45, 7) is 6.54. The van der Waals surface area contributed by atoms with Crippen molar-refractivity contribution < 1.29 is 17.9 Å². The highest BCUT2D eigenvalue weighted by Gasteiger charge is 2.29. The Balaban J connectivity index is 1.33. The molecule has 0 bridgehead atoms. The molecule has 0 spiro atoms. The number of rotatable bonds is 9. The topological polar surface area (TPSA) is 59.7 Å². The molecule has 0 N–H and O–H groups in total. The maximum Gasteiger partial charge on any atom is 0.422 e. The zero-order chi connectivity index (χ0) is 27.3. The number of piperazine rings is 1. The average Bonchev–Trinajstić information content (AvgIpc) is 2.89. The Morgan fingerprint density at radius 3 is 2.26 bits per heavy atom. The van der Waals surface area contributed by atoms with Crippen molar-refractivity contribution in [3.05, 3.63) is 92.3 Å². The van der Waals surface area contributed by atoms with Crippen LogP contribution in [0.4, 0.5) is 18.9 Å². The number of halogens is 3. The van der Waals surface area contributed by atoms with Gasteiger partial charge in [-0.2, -0.15) is 13.2 Å². The fourth-order valence-corrected chi connectivity index (χ4v) is 4.66. The second kappa shape index (κ2) is 11.9. The van der Waals surface area contributed by atoms with Gasteiger partial charge in [0.1, 0.15) is 5.75 Å². The van der Waals surface area contributed by atoms with E-state index in [0.29, 0.717) is 63.5 Å². The lowest BCUT2D eigenvalue weighted by Gasteiger charge is -2.36. The molecule has 4 rings (SSSR count). The second-order valence-corrected chi connectivity index (χ2v) is 9.72. The van der Waals surface area contributed by atoms with Crippen LogP contribution in [-0.4, -0.2) is 59.5 Å². The maximum atomic E-state index is 13.1. The molecule has 7 nitrogen and oxygen atoms in total. The Morgan fingerprint density at radius 1 is 0.895 bits per heavy atom. The Hall–Kier alpha value is -3.53. The molecule has 10 heteroatoms. The third-order valence-electron chi connectivity index (χ3n) is 6.71. The molecule has 2 aromatic carbocycles. The first kappa shape index (κ1) is 27.5. The molecule has 0 radical (unpaired) electrons. The zero-order valence-corrected chi connectivity index (χ0v) is 21.7. The van der Waals surface area contributed by atoms with Crippen molar-refractivity contribution in [2.45, 2.75) is 39.5 Å². The van der Waals surface area contributed by atoms with Gasteiger partial charge in [-0.1, -0.05) is 42.0 Å². The van der Waals surface area contributed by atoms with Gasteiger partial charge in [0.2, 0.25) is 0 Å². The van der Waals surface area contributed by atoms with Gasteiger partial charge in [0, 0.05) is 44.5 Å². The van der Waals surface area contributed by atoms with Crippen molar-refractivity contribution >= 4 is 5.69 Å². The van der Waals surface area contributed by atoms with Gasteiger partial charge in [-0.15, -0.1) is 0 Å². The predicted molar refractivity (Wildman–Crippen MR) is 141 cm³/mol. The highest BCUT2D eigenvalue weighted by atomic mass is 19.4. The van der Waals surface area contributed by atoms with Crippen LogP contribution in [0.3, 0.4) is 0 Å². The smallest absolute Gasteiger partial charge is 0.422 e. The lowest BCUT2D eigenvalue weighted by molar-refractivity contribution is -0.153. The molecule has 204 valence electrons. The van der Waals surface area contributed by atoms with E-state index in [0.717, 1.165) is 11.1 Å². The number of benzene rings is 2. The van der Waals surface area contributed by atoms with E-state index in [4.69, 9.17) is 4.74 Å². The van der Waals surface area contributed by atoms with Crippen molar-refractivity contribution in [1.82, 2.24) is 14.0 Å². The number of para-hydroxylation sites is 2. The van der Waals surface area contributed by atoms with Gasteiger partial charge in [-0.05, 0) is 44.5 Å². The summed E-state index contributed by atoms with van der Waals surface area (Å²) in [6, 6.07) is 14.7. The van der Waals surface area contributed by atoms with Gasteiger partial charge in [0.15, 0.2) is 6.61 Å². The molecule has 1 aliphatic rings. The van der Waals surface area contributed by atoms with Crippen LogP contribution in [0.2, 0.25) is 0 Å². The quantitative estimate of drug-likeness (QED) is 0.421. The van der Waals surface area contributed by atoms with Crippen LogP contribution < -0.4 is 20.9 Å². The predicted octanol–water partition coefficient (Wildman–Crippen LogP) is 3.83. The van der Waals surface area contributed by atoms with Crippen LogP contribution in [0.5, 0.6) is 5.75 Å². The fraction of sp³-hybridized carbons (Fsp3) is 0.429. The summed E-state index contributed by atoms with van der Waals surface area (Å²) < 4.78 is 45.8. The van der Waals surface area contributed by atoms with Crippen molar-refractivity contribution in [1.29, 1.82) is 0 Å². The number of nitrogens with zero attached hydrogens (tertiary/aromatic N) is 4. The van der Waals surface area contributed by atoms with Crippen LogP contribution in [0.15, 0.2) is 64.3 Å². The normalized spacial score (nSPS) is 14.6. The summed E-state index contributed by atoms with van der Waals surface area (Å²) in [5.41, 5.74) is 2.72. The number of hydrogen-bond donors (Lipinski definition) is 0. The van der Waals surface area contributed by atoms with Crippen LogP contribution in [-0.2, 0) is 13.1 Å². The maximum absolute atomic E-state index is 13.1. The summed E-state index contributed by atoms with van der Waals surface area (Å²) in [4.78, 5) is 30.0.